The van der Waals surface area contributed by atoms with Crippen molar-refractivity contribution in [1.29, 1.82) is 0 Å². The van der Waals surface area contributed by atoms with Gasteiger partial charge in [0.25, 0.3) is 0 Å². The van der Waals surface area contributed by atoms with E-state index in [1.54, 1.807) is 10.4 Å². The monoisotopic (exact) mass is 303 g/mol. The summed E-state index contributed by atoms with van der Waals surface area (Å²) in [5.41, 5.74) is 1.67. The molecule has 0 saturated heterocycles. The molecule has 0 aliphatic heterocycles. The number of thiophene rings is 1. The molecule has 0 spiro atoms. The van der Waals surface area contributed by atoms with Crippen molar-refractivity contribution < 1.29 is 0 Å². The van der Waals surface area contributed by atoms with Crippen LogP contribution in [0.15, 0.2) is 30.2 Å². The van der Waals surface area contributed by atoms with Crippen LogP contribution in [-0.4, -0.2) is 8.96 Å². The molecule has 2 aromatic rings. The molecular formula is C18H27N2S+. The summed E-state index contributed by atoms with van der Waals surface area (Å²) in [5, 5.41) is 2.42. The molecule has 0 N–H and O–H groups in total. The molecule has 1 aliphatic carbocycles. The Balaban J connectivity index is 1.95. The lowest BCUT2D eigenvalue weighted by molar-refractivity contribution is 0.440. The predicted molar refractivity (Wildman–Crippen MR) is 90.9 cm³/mol. The Morgan fingerprint density at radius 1 is 1.33 bits per heavy atom. The maximum atomic E-state index is 4.25. The summed E-state index contributed by atoms with van der Waals surface area (Å²) in [4.78, 5) is 5.94. The maximum absolute atomic E-state index is 4.25. The topological polar surface area (TPSA) is 17.8 Å². The molecule has 3 rings (SSSR count). The molecule has 1 fully saturated rings. The Hall–Kier alpha value is -1.09. The first kappa shape index (κ1) is 14.8. The third-order valence-electron chi connectivity index (χ3n) is 4.93. The summed E-state index contributed by atoms with van der Waals surface area (Å²) in [6, 6.07) is 2.44. The molecule has 2 unspecified atom stereocenters. The molecule has 0 bridgehead atoms. The van der Waals surface area contributed by atoms with E-state index in [0.29, 0.717) is 0 Å². The number of aromatic nitrogens is 2. The molecule has 3 heteroatoms. The highest BCUT2D eigenvalue weighted by atomic mass is 32.2. The van der Waals surface area contributed by atoms with Crippen LogP contribution >= 0.6 is 10.7 Å². The molecular weight excluding hydrogens is 276 g/mol. The van der Waals surface area contributed by atoms with E-state index in [2.05, 4.69) is 40.4 Å². The molecule has 2 heterocycles. The average Bonchev–Trinajstić information content (AvgIpc) is 3.17. The summed E-state index contributed by atoms with van der Waals surface area (Å²) in [6.07, 6.45) is 15.6. The van der Waals surface area contributed by atoms with Gasteiger partial charge in [0.05, 0.1) is 12.4 Å². The van der Waals surface area contributed by atoms with Crippen LogP contribution in [0.1, 0.15) is 68.7 Å². The molecule has 0 amide bonds. The van der Waals surface area contributed by atoms with Gasteiger partial charge < -0.3 is 0 Å². The number of hydrogen-bond donors (Lipinski definition) is 0. The first-order valence-electron chi connectivity index (χ1n) is 8.42. The molecule has 1 aliphatic rings. The summed E-state index contributed by atoms with van der Waals surface area (Å²) >= 11 is 0. The van der Waals surface area contributed by atoms with E-state index in [1.165, 1.54) is 44.9 Å². The highest BCUT2D eigenvalue weighted by Crippen LogP contribution is 2.41. The van der Waals surface area contributed by atoms with Gasteiger partial charge in [-0.3, -0.25) is 0 Å². The van der Waals surface area contributed by atoms with Crippen molar-refractivity contribution in [2.24, 2.45) is 5.92 Å². The Morgan fingerprint density at radius 3 is 2.81 bits per heavy atom. The molecule has 2 aromatic heterocycles. The van der Waals surface area contributed by atoms with Crippen molar-refractivity contribution in [2.75, 3.05) is 0 Å². The van der Waals surface area contributed by atoms with Crippen LogP contribution in [0.25, 0.3) is 0 Å². The van der Waals surface area contributed by atoms with Crippen LogP contribution in [-0.2, 0) is 6.42 Å². The Bertz CT molecular complexity index is 550. The van der Waals surface area contributed by atoms with Gasteiger partial charge in [0.15, 0.2) is 10.3 Å². The quantitative estimate of drug-likeness (QED) is 0.659. The largest absolute Gasteiger partial charge is 0.240 e. The van der Waals surface area contributed by atoms with Crippen LogP contribution in [0, 0.1) is 5.92 Å². The van der Waals surface area contributed by atoms with Crippen LogP contribution in [0.5, 0.6) is 0 Å². The third-order valence-corrected chi connectivity index (χ3v) is 6.91. The molecule has 0 aromatic carbocycles. The van der Waals surface area contributed by atoms with Crippen molar-refractivity contribution in [3.05, 3.63) is 40.6 Å². The summed E-state index contributed by atoms with van der Waals surface area (Å²) in [5.74, 6) is 1.59. The lowest BCUT2D eigenvalue weighted by atomic mass is 9.83. The Morgan fingerprint density at radius 2 is 2.14 bits per heavy atom. The van der Waals surface area contributed by atoms with Gasteiger partial charge in [-0.05, 0) is 24.7 Å². The number of hydrogen-bond acceptors (Lipinski definition) is 1. The maximum Gasteiger partial charge on any atom is 0.182 e. The molecule has 1 saturated carbocycles. The van der Waals surface area contributed by atoms with Gasteiger partial charge in [-0.2, -0.15) is 0 Å². The molecule has 0 radical (unpaired) electrons. The van der Waals surface area contributed by atoms with E-state index in [9.17, 15) is 0 Å². The zero-order chi connectivity index (χ0) is 14.7. The molecule has 2 nitrogen and oxygen atoms in total. The van der Waals surface area contributed by atoms with E-state index >= 15 is 0 Å². The SMILES string of the molecule is CCC(C)Cc1c(C2CCCCC2)cc[s+]1-n1ccnc1. The highest BCUT2D eigenvalue weighted by molar-refractivity contribution is 7.28. The van der Waals surface area contributed by atoms with Crippen LogP contribution in [0.2, 0.25) is 0 Å². The van der Waals surface area contributed by atoms with Crippen molar-refractivity contribution in [1.82, 2.24) is 8.96 Å². The van der Waals surface area contributed by atoms with Crippen molar-refractivity contribution in [3.8, 4) is 0 Å². The minimum Gasteiger partial charge on any atom is -0.240 e. The van der Waals surface area contributed by atoms with E-state index in [1.807, 2.05) is 12.5 Å². The zero-order valence-electron chi connectivity index (χ0n) is 13.3. The van der Waals surface area contributed by atoms with Crippen LogP contribution in [0.3, 0.4) is 0 Å². The van der Waals surface area contributed by atoms with E-state index in [4.69, 9.17) is 0 Å². The molecule has 21 heavy (non-hydrogen) atoms. The number of rotatable bonds is 5. The van der Waals surface area contributed by atoms with Gasteiger partial charge in [-0.25, -0.2) is 4.98 Å². The Kier molecular flexibility index (Phi) is 4.79. The predicted octanol–water partition coefficient (Wildman–Crippen LogP) is 5.58. The summed E-state index contributed by atoms with van der Waals surface area (Å²) in [7, 11) is 0.102. The van der Waals surface area contributed by atoms with Gasteiger partial charge in [-0.1, -0.05) is 39.5 Å². The third kappa shape index (κ3) is 3.23. The standard InChI is InChI=1S/C18H27N2S/c1-3-15(2)13-18-17(16-7-5-4-6-8-16)9-12-21(18)20-11-10-19-14-20/h9-12,14-16H,3-8,13H2,1-2H3/q+1. The lowest BCUT2D eigenvalue weighted by Gasteiger charge is -2.21. The minimum absolute atomic E-state index is 0.102. The Labute approximate surface area is 131 Å². The van der Waals surface area contributed by atoms with Crippen molar-refractivity contribution in [3.63, 3.8) is 0 Å². The second kappa shape index (κ2) is 6.78. The van der Waals surface area contributed by atoms with E-state index in [-0.39, 0.29) is 10.7 Å². The zero-order valence-corrected chi connectivity index (χ0v) is 14.1. The first-order chi connectivity index (χ1) is 10.3. The van der Waals surface area contributed by atoms with E-state index in [0.717, 1.165) is 11.8 Å². The summed E-state index contributed by atoms with van der Waals surface area (Å²) in [6.45, 7) is 4.70. The minimum atomic E-state index is 0.102. The second-order valence-electron chi connectivity index (χ2n) is 6.47. The van der Waals surface area contributed by atoms with Gasteiger partial charge in [0, 0.05) is 18.1 Å². The smallest absolute Gasteiger partial charge is 0.182 e. The van der Waals surface area contributed by atoms with Crippen molar-refractivity contribution in [2.45, 2.75) is 64.7 Å². The average molecular weight is 303 g/mol. The number of nitrogens with zero attached hydrogens (tertiary/aromatic N) is 2. The fraction of sp³-hybridized carbons (Fsp3) is 0.611. The fourth-order valence-corrected chi connectivity index (χ4v) is 5.54. The van der Waals surface area contributed by atoms with Crippen molar-refractivity contribution >= 4 is 10.7 Å². The summed E-state index contributed by atoms with van der Waals surface area (Å²) < 4.78 is 2.30. The van der Waals surface area contributed by atoms with Crippen LogP contribution < -0.4 is 0 Å². The van der Waals surface area contributed by atoms with E-state index < -0.39 is 0 Å². The van der Waals surface area contributed by atoms with Gasteiger partial charge in [-0.15, -0.1) is 3.97 Å². The molecule has 2 atom stereocenters. The van der Waals surface area contributed by atoms with Crippen LogP contribution in [0.4, 0.5) is 0 Å². The number of imidazole rings is 1. The molecule has 114 valence electrons. The van der Waals surface area contributed by atoms with Gasteiger partial charge >= 0.3 is 0 Å². The first-order valence-corrected chi connectivity index (χ1v) is 9.67. The highest BCUT2D eigenvalue weighted by Gasteiger charge is 2.28. The van der Waals surface area contributed by atoms with Gasteiger partial charge in [0.2, 0.25) is 0 Å². The van der Waals surface area contributed by atoms with Gasteiger partial charge in [0.1, 0.15) is 17.0 Å². The fourth-order valence-electron chi connectivity index (χ4n) is 3.44. The normalized spacial score (nSPS) is 18.9. The second-order valence-corrected chi connectivity index (χ2v) is 8.29. The lowest BCUT2D eigenvalue weighted by Crippen LogP contribution is -2.08.